The van der Waals surface area contributed by atoms with Gasteiger partial charge in [0.15, 0.2) is 5.78 Å². The number of carbonyl (C=O) groups is 5. The molecule has 5 rings (SSSR count). The van der Waals surface area contributed by atoms with Gasteiger partial charge in [-0.2, -0.15) is 0 Å². The first-order chi connectivity index (χ1) is 20.9. The van der Waals surface area contributed by atoms with Crippen molar-refractivity contribution in [3.63, 3.8) is 0 Å². The van der Waals surface area contributed by atoms with E-state index in [0.29, 0.717) is 28.7 Å². The molecule has 2 aromatic rings. The Labute approximate surface area is 252 Å². The summed E-state index contributed by atoms with van der Waals surface area (Å²) in [5, 5.41) is 34.2. The van der Waals surface area contributed by atoms with Crippen LogP contribution in [0.2, 0.25) is 0 Å². The van der Waals surface area contributed by atoms with E-state index in [2.05, 4.69) is 10.6 Å². The van der Waals surface area contributed by atoms with Crippen LogP contribution in [0.3, 0.4) is 0 Å². The molecule has 1 aliphatic carbocycles. The molecule has 1 saturated heterocycles. The highest BCUT2D eigenvalue weighted by Gasteiger charge is 2.53. The summed E-state index contributed by atoms with van der Waals surface area (Å²) in [4.78, 5) is 72.2. The van der Waals surface area contributed by atoms with E-state index in [9.17, 15) is 33.9 Å². The molecule has 6 atom stereocenters. The predicted molar refractivity (Wildman–Crippen MR) is 150 cm³/mol. The van der Waals surface area contributed by atoms with Gasteiger partial charge in [-0.3, -0.25) is 24.0 Å². The van der Waals surface area contributed by atoms with E-state index >= 15 is 0 Å². The van der Waals surface area contributed by atoms with Crippen LogP contribution in [0.15, 0.2) is 15.3 Å². The van der Waals surface area contributed by atoms with Crippen LogP contribution in [-0.4, -0.2) is 94.2 Å². The lowest BCUT2D eigenvalue weighted by molar-refractivity contribution is -0.139. The summed E-state index contributed by atoms with van der Waals surface area (Å²) in [7, 11) is 1.42. The van der Waals surface area contributed by atoms with E-state index < -0.39 is 71.8 Å². The Balaban J connectivity index is 1.35. The molecule has 16 nitrogen and oxygen atoms in total. The molecule has 1 unspecified atom stereocenters. The zero-order chi connectivity index (χ0) is 31.9. The molecule has 1 aromatic heterocycles. The van der Waals surface area contributed by atoms with Crippen LogP contribution in [0.4, 0.5) is 0 Å². The second-order valence-corrected chi connectivity index (χ2v) is 11.5. The number of aliphatic carboxylic acids is 2. The van der Waals surface area contributed by atoms with E-state index in [0.717, 1.165) is 11.8 Å². The first-order valence-electron chi connectivity index (χ1n) is 13.5. The number of aliphatic hydroxyl groups is 1. The minimum Gasteiger partial charge on any atom is -0.496 e. The maximum Gasteiger partial charge on any atom is 0.347 e. The normalized spacial score (nSPS) is 22.8. The molecular weight excluding hydrogens is 606 g/mol. The molecule has 17 heteroatoms. The zero-order valence-electron chi connectivity index (χ0n) is 23.2. The average molecular weight is 636 g/mol. The first kappa shape index (κ1) is 31.2. The summed E-state index contributed by atoms with van der Waals surface area (Å²) in [5.74, 6) is -4.88. The molecule has 44 heavy (non-hydrogen) atoms. The van der Waals surface area contributed by atoms with Gasteiger partial charge in [0.1, 0.15) is 52.8 Å². The number of carbonyl (C=O) groups excluding carboxylic acids is 3. The number of Topliss-reactive ketones (excluding diaryl/α,β-unsaturated/α-hetero) is 1. The van der Waals surface area contributed by atoms with Gasteiger partial charge in [-0.05, 0) is 18.4 Å². The van der Waals surface area contributed by atoms with Crippen molar-refractivity contribution in [2.75, 3.05) is 19.4 Å². The molecule has 1 aromatic carbocycles. The average Bonchev–Trinajstić information content (AvgIpc) is 3.64. The molecule has 7 N–H and O–H groups in total. The molecule has 2 amide bonds. The number of benzene rings is 1. The number of hydrogen-bond acceptors (Lipinski definition) is 13. The lowest BCUT2D eigenvalue weighted by Crippen LogP contribution is -2.50. The Kier molecular flexibility index (Phi) is 8.83. The number of thioether (sulfide) groups is 1. The van der Waals surface area contributed by atoms with E-state index in [1.807, 2.05) is 0 Å². The third-order valence-corrected chi connectivity index (χ3v) is 8.87. The molecule has 3 aliphatic rings. The Hall–Kier alpha value is -4.19. The van der Waals surface area contributed by atoms with E-state index in [1.54, 1.807) is 6.07 Å². The molecule has 2 aliphatic heterocycles. The number of hydrogen-bond donors (Lipinski definition) is 6. The highest BCUT2D eigenvalue weighted by atomic mass is 32.2. The van der Waals surface area contributed by atoms with E-state index in [1.165, 1.54) is 7.11 Å². The van der Waals surface area contributed by atoms with Crippen molar-refractivity contribution in [1.82, 2.24) is 10.6 Å². The highest BCUT2D eigenvalue weighted by molar-refractivity contribution is 7.99. The van der Waals surface area contributed by atoms with Crippen LogP contribution in [0, 0.1) is 0 Å². The van der Waals surface area contributed by atoms with Crippen LogP contribution >= 0.6 is 11.8 Å². The minimum absolute atomic E-state index is 0.0259. The number of aliphatic hydroxyl groups excluding tert-OH is 1. The van der Waals surface area contributed by atoms with Crippen LogP contribution in [0.5, 0.6) is 11.5 Å². The number of carboxylic acid groups (broad SMARTS) is 2. The molecule has 236 valence electrons. The van der Waals surface area contributed by atoms with Crippen LogP contribution in [0.1, 0.15) is 46.7 Å². The second kappa shape index (κ2) is 12.4. The van der Waals surface area contributed by atoms with Crippen LogP contribution in [0.25, 0.3) is 11.0 Å². The third-order valence-electron chi connectivity index (χ3n) is 7.63. The maximum absolute atomic E-state index is 12.8. The fourth-order valence-electron chi connectivity index (χ4n) is 5.52. The van der Waals surface area contributed by atoms with Gasteiger partial charge in [0.05, 0.1) is 24.0 Å². The lowest BCUT2D eigenvalue weighted by atomic mass is 9.92. The summed E-state index contributed by atoms with van der Waals surface area (Å²) >= 11 is 0.946. The van der Waals surface area contributed by atoms with Gasteiger partial charge in [-0.25, -0.2) is 4.79 Å². The standard InChI is InChI=1S/C27H29N3O13S/c1-40-13-6-14-19(22-18(13)9-2-4-12(31)17(9)25(39)42-22)20-21(35)27(43-26(20)41-14)44-8-11(23(36)29-7-16(33)34)30-15(32)5-3-10(28)24(37)38/h6,10-11,20-21,26-27,35H,2-5,7-8,28H2,1H3,(H,29,36)(H,30,32)(H,33,34)(H,37,38)/t10-,11-,20+,21+,26-,27?/m0/s1. The van der Waals surface area contributed by atoms with E-state index in [4.69, 9.17) is 34.6 Å². The van der Waals surface area contributed by atoms with Crippen LogP contribution in [-0.2, 0) is 30.3 Å². The van der Waals surface area contributed by atoms with Crippen molar-refractivity contribution in [1.29, 1.82) is 0 Å². The number of nitrogens with two attached hydrogens (primary N) is 1. The Morgan fingerprint density at radius 2 is 1.95 bits per heavy atom. The lowest BCUT2D eigenvalue weighted by Gasteiger charge is -2.22. The molecule has 0 radical (unpaired) electrons. The molecule has 0 spiro atoms. The summed E-state index contributed by atoms with van der Waals surface area (Å²) in [6.07, 6.45) is -2.31. The Bertz CT molecular complexity index is 1610. The summed E-state index contributed by atoms with van der Waals surface area (Å²) in [6.45, 7) is -0.714. The van der Waals surface area contributed by atoms with Crippen molar-refractivity contribution < 1.29 is 57.9 Å². The monoisotopic (exact) mass is 635 g/mol. The number of ketones is 1. The summed E-state index contributed by atoms with van der Waals surface area (Å²) in [5.41, 5.74) is 4.58. The molecule has 0 saturated carbocycles. The quantitative estimate of drug-likeness (QED) is 0.154. The third kappa shape index (κ3) is 5.82. The van der Waals surface area contributed by atoms with Crippen LogP contribution < -0.4 is 31.5 Å². The fraction of sp³-hybridized carbons (Fsp3) is 0.481. The summed E-state index contributed by atoms with van der Waals surface area (Å²) in [6, 6.07) is -0.993. The highest BCUT2D eigenvalue weighted by Crippen LogP contribution is 2.53. The zero-order valence-corrected chi connectivity index (χ0v) is 24.0. The van der Waals surface area contributed by atoms with Crippen molar-refractivity contribution >= 4 is 52.3 Å². The van der Waals surface area contributed by atoms with Crippen molar-refractivity contribution in [3.05, 3.63) is 33.2 Å². The second-order valence-electron chi connectivity index (χ2n) is 10.4. The van der Waals surface area contributed by atoms with Crippen molar-refractivity contribution in [2.24, 2.45) is 5.73 Å². The molecule has 1 fully saturated rings. The SMILES string of the molecule is COc1cc2c(c3oc(=O)c4c(c13)CCC4=O)[C@H]1[C@@H](O2)OC(SC[C@H](NC(=O)CC[C@H](N)C(=O)O)C(=O)NCC(=O)O)[C@@H]1O. The number of ether oxygens (including phenoxy) is 3. The topological polar surface area (TPSA) is 254 Å². The van der Waals surface area contributed by atoms with Gasteiger partial charge in [-0.15, -0.1) is 11.8 Å². The van der Waals surface area contributed by atoms with Gasteiger partial charge in [0, 0.05) is 24.7 Å². The van der Waals surface area contributed by atoms with Gasteiger partial charge in [0.2, 0.25) is 18.1 Å². The number of rotatable bonds is 12. The first-order valence-corrected chi connectivity index (χ1v) is 14.6. The predicted octanol–water partition coefficient (Wildman–Crippen LogP) is -0.939. The fourth-order valence-corrected chi connectivity index (χ4v) is 6.69. The number of aryl methyl sites for hydroxylation is 1. The van der Waals surface area contributed by atoms with Crippen molar-refractivity contribution in [3.8, 4) is 11.5 Å². The number of nitrogens with one attached hydrogen (secondary N) is 2. The minimum atomic E-state index is -1.31. The van der Waals surface area contributed by atoms with Gasteiger partial charge < -0.3 is 50.3 Å². The van der Waals surface area contributed by atoms with Crippen molar-refractivity contribution in [2.45, 2.75) is 61.5 Å². The smallest absolute Gasteiger partial charge is 0.347 e. The Morgan fingerprint density at radius 3 is 2.64 bits per heavy atom. The number of methoxy groups -OCH3 is 1. The summed E-state index contributed by atoms with van der Waals surface area (Å²) < 4.78 is 23.0. The van der Waals surface area contributed by atoms with E-state index in [-0.39, 0.29) is 47.7 Å². The number of fused-ring (bicyclic) bond motifs is 7. The van der Waals surface area contributed by atoms with Gasteiger partial charge >= 0.3 is 17.6 Å². The van der Waals surface area contributed by atoms with Gasteiger partial charge in [0.25, 0.3) is 0 Å². The molecular formula is C27H29N3O13S. The molecule has 3 heterocycles. The molecule has 0 bridgehead atoms. The largest absolute Gasteiger partial charge is 0.496 e. The number of amides is 2. The Morgan fingerprint density at radius 1 is 1.20 bits per heavy atom. The maximum atomic E-state index is 12.8. The number of carboxylic acids is 2. The van der Waals surface area contributed by atoms with Gasteiger partial charge in [-0.1, -0.05) is 0 Å².